The van der Waals surface area contributed by atoms with Crippen molar-refractivity contribution in [3.63, 3.8) is 0 Å². The second kappa shape index (κ2) is 6.67. The minimum Gasteiger partial charge on any atom is -0.409 e. The lowest BCUT2D eigenvalue weighted by Crippen LogP contribution is -2.45. The molecule has 0 atom stereocenters. The molecule has 0 saturated heterocycles. The van der Waals surface area contributed by atoms with Gasteiger partial charge in [0.2, 0.25) is 5.91 Å². The molecule has 1 amide bonds. The van der Waals surface area contributed by atoms with Crippen LogP contribution in [0.5, 0.6) is 0 Å². The van der Waals surface area contributed by atoms with E-state index in [9.17, 15) is 4.79 Å². The predicted octanol–water partition coefficient (Wildman–Crippen LogP) is 2.72. The number of amides is 1. The molecule has 120 valence electrons. The molecular formula is C16H29N3O2. The zero-order valence-corrected chi connectivity index (χ0v) is 13.3. The fourth-order valence-corrected chi connectivity index (χ4v) is 3.76. The molecule has 2 fully saturated rings. The number of nitrogens with two attached hydrogens (primary N) is 1. The lowest BCUT2D eigenvalue weighted by atomic mass is 9.77. The third kappa shape index (κ3) is 3.89. The van der Waals surface area contributed by atoms with Crippen molar-refractivity contribution in [2.45, 2.75) is 71.3 Å². The van der Waals surface area contributed by atoms with Gasteiger partial charge < -0.3 is 15.8 Å². The van der Waals surface area contributed by atoms with E-state index in [2.05, 4.69) is 19.0 Å². The Hall–Kier alpha value is -1.26. The Kier molecular flexibility index (Phi) is 5.12. The van der Waals surface area contributed by atoms with Crippen LogP contribution in [-0.2, 0) is 4.79 Å². The van der Waals surface area contributed by atoms with Gasteiger partial charge in [0.05, 0.1) is 0 Å². The van der Waals surface area contributed by atoms with E-state index in [1.807, 2.05) is 4.90 Å². The Balaban J connectivity index is 2.08. The Morgan fingerprint density at radius 2 is 2.00 bits per heavy atom. The molecule has 0 aromatic rings. The van der Waals surface area contributed by atoms with Crippen molar-refractivity contribution in [3.8, 4) is 0 Å². The number of hydrogen-bond donors (Lipinski definition) is 2. The number of carbonyl (C=O) groups excluding carboxylic acids is 1. The van der Waals surface area contributed by atoms with Gasteiger partial charge in [-0.3, -0.25) is 4.79 Å². The molecule has 0 aromatic carbocycles. The standard InChI is InChI=1S/C16H29N3O2/c1-12(2)11-16(8-3-4-9-16)15(20)19(13-5-6-13)10-7-14(17)18-21/h12-13,21H,3-11H2,1-2H3,(H2,17,18). The second-order valence-electron chi connectivity index (χ2n) is 7.16. The van der Waals surface area contributed by atoms with Crippen molar-refractivity contribution in [2.75, 3.05) is 6.54 Å². The Morgan fingerprint density at radius 1 is 1.38 bits per heavy atom. The average molecular weight is 295 g/mol. The first-order valence-electron chi connectivity index (χ1n) is 8.26. The zero-order chi connectivity index (χ0) is 15.5. The second-order valence-corrected chi connectivity index (χ2v) is 7.16. The summed E-state index contributed by atoms with van der Waals surface area (Å²) in [5.74, 6) is 1.07. The number of nitrogens with zero attached hydrogens (tertiary/aromatic N) is 2. The highest BCUT2D eigenvalue weighted by Crippen LogP contribution is 2.46. The first kappa shape index (κ1) is 16.1. The fourth-order valence-electron chi connectivity index (χ4n) is 3.76. The third-order valence-electron chi connectivity index (χ3n) is 4.80. The smallest absolute Gasteiger partial charge is 0.229 e. The van der Waals surface area contributed by atoms with Crippen LogP contribution in [0.25, 0.3) is 0 Å². The SMILES string of the molecule is CC(C)CC1(C(=O)N(CCC(N)=NO)C2CC2)CCCC1. The highest BCUT2D eigenvalue weighted by molar-refractivity contribution is 5.85. The molecule has 2 aliphatic rings. The van der Waals surface area contributed by atoms with Crippen LogP contribution in [0.2, 0.25) is 0 Å². The molecule has 3 N–H and O–H groups in total. The lowest BCUT2D eigenvalue weighted by Gasteiger charge is -2.36. The van der Waals surface area contributed by atoms with Crippen LogP contribution < -0.4 is 5.73 Å². The van der Waals surface area contributed by atoms with Crippen molar-refractivity contribution >= 4 is 11.7 Å². The monoisotopic (exact) mass is 295 g/mol. The van der Waals surface area contributed by atoms with Gasteiger partial charge >= 0.3 is 0 Å². The molecule has 21 heavy (non-hydrogen) atoms. The van der Waals surface area contributed by atoms with Gasteiger partial charge in [-0.25, -0.2) is 0 Å². The zero-order valence-electron chi connectivity index (χ0n) is 13.3. The van der Waals surface area contributed by atoms with Gasteiger partial charge in [0.25, 0.3) is 0 Å². The minimum atomic E-state index is -0.151. The van der Waals surface area contributed by atoms with Crippen molar-refractivity contribution in [1.29, 1.82) is 0 Å². The summed E-state index contributed by atoms with van der Waals surface area (Å²) >= 11 is 0. The maximum Gasteiger partial charge on any atom is 0.229 e. The molecule has 2 aliphatic carbocycles. The first-order valence-corrected chi connectivity index (χ1v) is 8.26. The average Bonchev–Trinajstić information content (AvgIpc) is 3.17. The molecule has 0 aromatic heterocycles. The topological polar surface area (TPSA) is 78.9 Å². The van der Waals surface area contributed by atoms with Crippen LogP contribution in [0.3, 0.4) is 0 Å². The molecular weight excluding hydrogens is 266 g/mol. The Morgan fingerprint density at radius 3 is 2.48 bits per heavy atom. The van der Waals surface area contributed by atoms with Crippen molar-refractivity contribution < 1.29 is 10.0 Å². The van der Waals surface area contributed by atoms with Gasteiger partial charge in [0, 0.05) is 24.4 Å². The molecule has 0 spiro atoms. The summed E-state index contributed by atoms with van der Waals surface area (Å²) < 4.78 is 0. The molecule has 2 rings (SSSR count). The summed E-state index contributed by atoms with van der Waals surface area (Å²) in [5, 5.41) is 11.7. The number of oxime groups is 1. The van der Waals surface area contributed by atoms with Gasteiger partial charge in [-0.2, -0.15) is 0 Å². The van der Waals surface area contributed by atoms with Gasteiger partial charge in [-0.1, -0.05) is 31.8 Å². The summed E-state index contributed by atoms with van der Waals surface area (Å²) in [4.78, 5) is 15.2. The van der Waals surface area contributed by atoms with E-state index in [0.717, 1.165) is 44.9 Å². The van der Waals surface area contributed by atoms with Crippen molar-refractivity contribution in [2.24, 2.45) is 22.2 Å². The van der Waals surface area contributed by atoms with E-state index in [1.165, 1.54) is 0 Å². The highest BCUT2D eigenvalue weighted by Gasteiger charge is 2.46. The number of rotatable bonds is 7. The van der Waals surface area contributed by atoms with Crippen LogP contribution in [-0.4, -0.2) is 34.4 Å². The largest absolute Gasteiger partial charge is 0.409 e. The third-order valence-corrected chi connectivity index (χ3v) is 4.80. The summed E-state index contributed by atoms with van der Waals surface area (Å²) in [6, 6.07) is 0.383. The van der Waals surface area contributed by atoms with E-state index >= 15 is 0 Å². The first-order chi connectivity index (χ1) is 9.98. The van der Waals surface area contributed by atoms with E-state index in [-0.39, 0.29) is 11.3 Å². The van der Waals surface area contributed by atoms with E-state index in [0.29, 0.717) is 30.8 Å². The molecule has 5 heteroatoms. The molecule has 0 radical (unpaired) electrons. The molecule has 0 heterocycles. The van der Waals surface area contributed by atoms with Crippen LogP contribution in [0, 0.1) is 11.3 Å². The Labute approximate surface area is 127 Å². The lowest BCUT2D eigenvalue weighted by molar-refractivity contribution is -0.143. The van der Waals surface area contributed by atoms with Gasteiger partial charge in [0.1, 0.15) is 5.84 Å². The van der Waals surface area contributed by atoms with Crippen LogP contribution >= 0.6 is 0 Å². The molecule has 5 nitrogen and oxygen atoms in total. The van der Waals surface area contributed by atoms with Crippen molar-refractivity contribution in [1.82, 2.24) is 4.90 Å². The molecule has 2 saturated carbocycles. The van der Waals surface area contributed by atoms with Crippen molar-refractivity contribution in [3.05, 3.63) is 0 Å². The van der Waals surface area contributed by atoms with Gasteiger partial charge in [0.15, 0.2) is 0 Å². The highest BCUT2D eigenvalue weighted by atomic mass is 16.4. The summed E-state index contributed by atoms with van der Waals surface area (Å²) in [6.45, 7) is 4.98. The maximum atomic E-state index is 13.2. The number of carbonyl (C=O) groups is 1. The quantitative estimate of drug-likeness (QED) is 0.328. The normalized spacial score (nSPS) is 21.8. The van der Waals surface area contributed by atoms with Gasteiger partial charge in [-0.05, 0) is 38.0 Å². The molecule has 0 unspecified atom stereocenters. The summed E-state index contributed by atoms with van der Waals surface area (Å²) in [7, 11) is 0. The maximum absolute atomic E-state index is 13.2. The van der Waals surface area contributed by atoms with Crippen LogP contribution in [0.4, 0.5) is 0 Å². The van der Waals surface area contributed by atoms with Crippen LogP contribution in [0.15, 0.2) is 5.16 Å². The Bertz CT molecular complexity index is 396. The fraction of sp³-hybridized carbons (Fsp3) is 0.875. The minimum absolute atomic E-state index is 0.151. The number of amidine groups is 1. The van der Waals surface area contributed by atoms with Gasteiger partial charge in [-0.15, -0.1) is 0 Å². The van der Waals surface area contributed by atoms with E-state index in [4.69, 9.17) is 10.9 Å². The molecule has 0 bridgehead atoms. The predicted molar refractivity (Wildman–Crippen MR) is 83.1 cm³/mol. The van der Waals surface area contributed by atoms with E-state index in [1.54, 1.807) is 0 Å². The summed E-state index contributed by atoms with van der Waals surface area (Å²) in [5.41, 5.74) is 5.42. The molecule has 0 aliphatic heterocycles. The number of hydrogen-bond acceptors (Lipinski definition) is 3. The van der Waals surface area contributed by atoms with E-state index < -0.39 is 0 Å². The van der Waals surface area contributed by atoms with Crippen LogP contribution in [0.1, 0.15) is 65.2 Å². The summed E-state index contributed by atoms with van der Waals surface area (Å²) in [6.07, 6.45) is 8.01.